The molecule has 0 unspecified atom stereocenters. The van der Waals surface area contributed by atoms with Gasteiger partial charge in [0.15, 0.2) is 5.78 Å². The average Bonchev–Trinajstić information content (AvgIpc) is 2.78. The van der Waals surface area contributed by atoms with Gasteiger partial charge in [0.1, 0.15) is 22.8 Å². The van der Waals surface area contributed by atoms with Gasteiger partial charge in [-0.15, -0.1) is 0 Å². The van der Waals surface area contributed by atoms with Crippen LogP contribution in [0.25, 0.3) is 6.08 Å². The maximum absolute atomic E-state index is 12.7. The van der Waals surface area contributed by atoms with Gasteiger partial charge < -0.3 is 19.1 Å². The number of ketones is 1. The molecule has 162 valence electrons. The molecule has 2 aromatic carbocycles. The Morgan fingerprint density at radius 1 is 1.13 bits per heavy atom. The molecule has 31 heavy (non-hydrogen) atoms. The minimum Gasteiger partial charge on any atom is -0.497 e. The summed E-state index contributed by atoms with van der Waals surface area (Å²) in [5, 5.41) is 0.520. The lowest BCUT2D eigenvalue weighted by Crippen LogP contribution is -2.52. The maximum atomic E-state index is 12.7. The fraction of sp³-hybridized carbons (Fsp3) is 0.333. The summed E-state index contributed by atoms with van der Waals surface area (Å²) < 4.78 is 16.8. The minimum atomic E-state index is -0.561. The van der Waals surface area contributed by atoms with Gasteiger partial charge in [-0.25, -0.2) is 0 Å². The van der Waals surface area contributed by atoms with E-state index in [0.29, 0.717) is 60.2 Å². The van der Waals surface area contributed by atoms with Gasteiger partial charge in [0.05, 0.1) is 26.2 Å². The van der Waals surface area contributed by atoms with Gasteiger partial charge in [-0.3, -0.25) is 9.59 Å². The number of amides is 1. The van der Waals surface area contributed by atoms with E-state index in [1.165, 1.54) is 0 Å². The first-order valence-corrected chi connectivity index (χ1v) is 10.5. The molecule has 1 spiro atoms. The topological polar surface area (TPSA) is 65.1 Å². The van der Waals surface area contributed by atoms with E-state index in [1.807, 2.05) is 6.07 Å². The summed E-state index contributed by atoms with van der Waals surface area (Å²) in [6.45, 7) is 1.04. The molecular weight excluding hydrogens is 418 g/mol. The van der Waals surface area contributed by atoms with E-state index < -0.39 is 5.60 Å². The maximum Gasteiger partial charge on any atom is 0.246 e. The summed E-state index contributed by atoms with van der Waals surface area (Å²) in [5.41, 5.74) is 0.737. The van der Waals surface area contributed by atoms with Crippen LogP contribution < -0.4 is 14.2 Å². The molecule has 0 radical (unpaired) electrons. The largest absolute Gasteiger partial charge is 0.497 e. The number of Topliss-reactive ketones (excluding diaryl/α,β-unsaturated/α-hetero) is 1. The predicted octanol–water partition coefficient (Wildman–Crippen LogP) is 4.40. The zero-order valence-corrected chi connectivity index (χ0v) is 18.3. The smallest absolute Gasteiger partial charge is 0.246 e. The summed E-state index contributed by atoms with van der Waals surface area (Å²) >= 11 is 6.01. The molecule has 0 aromatic heterocycles. The number of rotatable bonds is 4. The SMILES string of the molecule is COc1ccc(OC)c(/C=C/C(=O)N2CCC3(CC2)CC(=O)c2cc(Cl)ccc2O3)c1. The number of piperidine rings is 1. The van der Waals surface area contributed by atoms with Crippen molar-refractivity contribution in [3.63, 3.8) is 0 Å². The minimum absolute atomic E-state index is 0.0357. The Kier molecular flexibility index (Phi) is 5.92. The monoisotopic (exact) mass is 441 g/mol. The Morgan fingerprint density at radius 3 is 2.61 bits per heavy atom. The molecular formula is C24H24ClNO5. The predicted molar refractivity (Wildman–Crippen MR) is 118 cm³/mol. The van der Waals surface area contributed by atoms with Gasteiger partial charge in [-0.1, -0.05) is 11.6 Å². The normalized spacial score (nSPS) is 17.4. The molecule has 2 heterocycles. The Hall–Kier alpha value is -2.99. The van der Waals surface area contributed by atoms with Crippen molar-refractivity contribution in [1.29, 1.82) is 0 Å². The number of halogens is 1. The molecule has 0 bridgehead atoms. The number of fused-ring (bicyclic) bond motifs is 1. The van der Waals surface area contributed by atoms with Gasteiger partial charge >= 0.3 is 0 Å². The van der Waals surface area contributed by atoms with Gasteiger partial charge in [-0.2, -0.15) is 0 Å². The highest BCUT2D eigenvalue weighted by atomic mass is 35.5. The van der Waals surface area contributed by atoms with Gasteiger partial charge in [-0.05, 0) is 42.5 Å². The molecule has 0 saturated carbocycles. The van der Waals surface area contributed by atoms with E-state index in [9.17, 15) is 9.59 Å². The number of carbonyl (C=O) groups is 2. The molecule has 2 aliphatic rings. The molecule has 0 N–H and O–H groups in total. The number of methoxy groups -OCH3 is 2. The van der Waals surface area contributed by atoms with Crippen molar-refractivity contribution in [2.24, 2.45) is 0 Å². The third-order valence-corrected chi connectivity index (χ3v) is 6.11. The molecule has 7 heteroatoms. The first-order chi connectivity index (χ1) is 14.9. The molecule has 6 nitrogen and oxygen atoms in total. The molecule has 1 fully saturated rings. The van der Waals surface area contributed by atoms with Crippen LogP contribution in [0.15, 0.2) is 42.5 Å². The zero-order valence-electron chi connectivity index (χ0n) is 17.5. The van der Waals surface area contributed by atoms with Crippen LogP contribution in [0.3, 0.4) is 0 Å². The van der Waals surface area contributed by atoms with Crippen molar-refractivity contribution in [2.45, 2.75) is 24.9 Å². The van der Waals surface area contributed by atoms with Crippen molar-refractivity contribution in [3.8, 4) is 17.2 Å². The van der Waals surface area contributed by atoms with Crippen LogP contribution in [0.2, 0.25) is 5.02 Å². The van der Waals surface area contributed by atoms with E-state index in [1.54, 1.807) is 61.6 Å². The first kappa shape index (κ1) is 21.2. The molecule has 1 amide bonds. The number of ether oxygens (including phenoxy) is 3. The van der Waals surface area contributed by atoms with E-state index in [-0.39, 0.29) is 11.7 Å². The molecule has 2 aromatic rings. The second kappa shape index (κ2) is 8.63. The summed E-state index contributed by atoms with van der Waals surface area (Å²) in [5.74, 6) is 1.87. The lowest BCUT2D eigenvalue weighted by molar-refractivity contribution is -0.129. The number of likely N-dealkylation sites (tertiary alicyclic amines) is 1. The second-order valence-electron chi connectivity index (χ2n) is 7.79. The number of benzene rings is 2. The number of hydrogen-bond acceptors (Lipinski definition) is 5. The van der Waals surface area contributed by atoms with Crippen molar-refractivity contribution in [2.75, 3.05) is 27.3 Å². The molecule has 4 rings (SSSR count). The van der Waals surface area contributed by atoms with E-state index in [4.69, 9.17) is 25.8 Å². The zero-order chi connectivity index (χ0) is 22.0. The number of carbonyl (C=O) groups excluding carboxylic acids is 2. The molecule has 0 aliphatic carbocycles. The molecule has 2 aliphatic heterocycles. The summed E-state index contributed by atoms with van der Waals surface area (Å²) in [6, 6.07) is 10.6. The Bertz CT molecular complexity index is 1040. The van der Waals surface area contributed by atoms with Crippen LogP contribution in [0.1, 0.15) is 35.2 Å². The Morgan fingerprint density at radius 2 is 1.90 bits per heavy atom. The van der Waals surface area contributed by atoms with Crippen LogP contribution >= 0.6 is 11.6 Å². The quantitative estimate of drug-likeness (QED) is 0.658. The van der Waals surface area contributed by atoms with Crippen LogP contribution in [0, 0.1) is 0 Å². The van der Waals surface area contributed by atoms with Crippen LogP contribution in [0.4, 0.5) is 0 Å². The van der Waals surface area contributed by atoms with Crippen LogP contribution in [-0.2, 0) is 4.79 Å². The highest BCUT2D eigenvalue weighted by molar-refractivity contribution is 6.31. The van der Waals surface area contributed by atoms with E-state index >= 15 is 0 Å². The van der Waals surface area contributed by atoms with Crippen LogP contribution in [-0.4, -0.2) is 49.5 Å². The third-order valence-electron chi connectivity index (χ3n) is 5.88. The highest BCUT2D eigenvalue weighted by Gasteiger charge is 2.43. The van der Waals surface area contributed by atoms with Crippen LogP contribution in [0.5, 0.6) is 17.2 Å². The molecule has 1 saturated heterocycles. The standard InChI is InChI=1S/C24H24ClNO5/c1-29-18-5-7-21(30-2)16(13-18)3-8-23(28)26-11-9-24(10-12-26)15-20(27)19-14-17(25)4-6-22(19)31-24/h3-8,13-14H,9-12,15H2,1-2H3/b8-3+. The van der Waals surface area contributed by atoms with E-state index in [0.717, 1.165) is 5.56 Å². The van der Waals surface area contributed by atoms with Crippen molar-refractivity contribution >= 4 is 29.4 Å². The lowest BCUT2D eigenvalue weighted by Gasteiger charge is -2.43. The second-order valence-corrected chi connectivity index (χ2v) is 8.23. The fourth-order valence-corrected chi connectivity index (χ4v) is 4.29. The first-order valence-electron chi connectivity index (χ1n) is 10.1. The van der Waals surface area contributed by atoms with Crippen molar-refractivity contribution < 1.29 is 23.8 Å². The Labute approximate surface area is 186 Å². The fourth-order valence-electron chi connectivity index (χ4n) is 4.12. The molecule has 0 atom stereocenters. The summed E-state index contributed by atoms with van der Waals surface area (Å²) in [6.07, 6.45) is 4.78. The Balaban J connectivity index is 1.42. The summed E-state index contributed by atoms with van der Waals surface area (Å²) in [7, 11) is 3.18. The highest BCUT2D eigenvalue weighted by Crippen LogP contribution is 2.40. The van der Waals surface area contributed by atoms with Crippen molar-refractivity contribution in [1.82, 2.24) is 4.90 Å². The number of nitrogens with zero attached hydrogens (tertiary/aromatic N) is 1. The third kappa shape index (κ3) is 4.39. The van der Waals surface area contributed by atoms with Crippen molar-refractivity contribution in [3.05, 3.63) is 58.6 Å². The number of hydrogen-bond donors (Lipinski definition) is 0. The van der Waals surface area contributed by atoms with Gasteiger partial charge in [0.25, 0.3) is 0 Å². The van der Waals surface area contributed by atoms with Gasteiger partial charge in [0, 0.05) is 42.6 Å². The lowest BCUT2D eigenvalue weighted by atomic mass is 9.82. The summed E-state index contributed by atoms with van der Waals surface area (Å²) in [4.78, 5) is 27.2. The van der Waals surface area contributed by atoms with E-state index in [2.05, 4.69) is 0 Å². The average molecular weight is 442 g/mol. The van der Waals surface area contributed by atoms with Gasteiger partial charge in [0.2, 0.25) is 5.91 Å².